The molecule has 0 heterocycles. The lowest BCUT2D eigenvalue weighted by atomic mass is 10.1. The first-order valence-electron chi connectivity index (χ1n) is 3.33. The molecule has 0 aromatic heterocycles. The Kier molecular flexibility index (Phi) is 2.88. The Morgan fingerprint density at radius 3 is 2.42 bits per heavy atom. The lowest BCUT2D eigenvalue weighted by molar-refractivity contribution is 0.0751. The lowest BCUT2D eigenvalue weighted by Crippen LogP contribution is -1.96. The number of carbonyl (C=O) groups excluding carboxylic acids is 1. The van der Waals surface area contributed by atoms with Gasteiger partial charge < -0.3 is 4.29 Å². The standard InChI is InChI=1S/C9H7ClO2/c1-2-7-3-5-8(6-4-7)9(11)12-10/h2-6H,1H2. The van der Waals surface area contributed by atoms with E-state index in [4.69, 9.17) is 11.9 Å². The first-order valence-corrected chi connectivity index (χ1v) is 3.64. The van der Waals surface area contributed by atoms with E-state index in [9.17, 15) is 4.79 Å². The Morgan fingerprint density at radius 2 is 2.00 bits per heavy atom. The Labute approximate surface area is 75.6 Å². The van der Waals surface area contributed by atoms with Crippen molar-refractivity contribution in [3.8, 4) is 0 Å². The van der Waals surface area contributed by atoms with E-state index in [-0.39, 0.29) is 0 Å². The summed E-state index contributed by atoms with van der Waals surface area (Å²) >= 11 is 4.89. The van der Waals surface area contributed by atoms with Gasteiger partial charge in [-0.1, -0.05) is 24.8 Å². The first kappa shape index (κ1) is 8.81. The summed E-state index contributed by atoms with van der Waals surface area (Å²) in [6.45, 7) is 3.58. The summed E-state index contributed by atoms with van der Waals surface area (Å²) in [6.07, 6.45) is 1.69. The summed E-state index contributed by atoms with van der Waals surface area (Å²) in [4.78, 5) is 10.8. The topological polar surface area (TPSA) is 26.3 Å². The van der Waals surface area contributed by atoms with Crippen molar-refractivity contribution in [1.29, 1.82) is 0 Å². The fraction of sp³-hybridized carbons (Fsp3) is 0. The Hall–Kier alpha value is -1.28. The summed E-state index contributed by atoms with van der Waals surface area (Å²) in [5, 5.41) is 0. The van der Waals surface area contributed by atoms with E-state index in [1.54, 1.807) is 30.3 Å². The van der Waals surface area contributed by atoms with Gasteiger partial charge in [0, 0.05) is 0 Å². The van der Waals surface area contributed by atoms with Crippen LogP contribution in [0.2, 0.25) is 0 Å². The molecule has 0 N–H and O–H groups in total. The molecule has 0 fully saturated rings. The molecular formula is C9H7ClO2. The van der Waals surface area contributed by atoms with Crippen LogP contribution in [0.3, 0.4) is 0 Å². The van der Waals surface area contributed by atoms with E-state index in [0.29, 0.717) is 5.56 Å². The van der Waals surface area contributed by atoms with Gasteiger partial charge in [0.05, 0.1) is 5.56 Å². The van der Waals surface area contributed by atoms with E-state index >= 15 is 0 Å². The van der Waals surface area contributed by atoms with Crippen molar-refractivity contribution in [3.05, 3.63) is 42.0 Å². The number of benzene rings is 1. The van der Waals surface area contributed by atoms with Crippen LogP contribution in [0.1, 0.15) is 15.9 Å². The van der Waals surface area contributed by atoms with Crippen LogP contribution in [0.25, 0.3) is 6.08 Å². The molecule has 0 unspecified atom stereocenters. The molecular weight excluding hydrogens is 176 g/mol. The first-order chi connectivity index (χ1) is 5.77. The van der Waals surface area contributed by atoms with Gasteiger partial charge in [-0.05, 0) is 17.7 Å². The zero-order valence-corrected chi connectivity index (χ0v) is 7.04. The number of carbonyl (C=O) groups is 1. The molecule has 62 valence electrons. The van der Waals surface area contributed by atoms with Crippen molar-refractivity contribution >= 4 is 23.9 Å². The third-order valence-electron chi connectivity index (χ3n) is 1.45. The largest absolute Gasteiger partial charge is 0.356 e. The van der Waals surface area contributed by atoms with Crippen LogP contribution in [0, 0.1) is 0 Å². The van der Waals surface area contributed by atoms with Gasteiger partial charge in [-0.3, -0.25) is 0 Å². The summed E-state index contributed by atoms with van der Waals surface area (Å²) in [5.41, 5.74) is 1.37. The number of halogens is 1. The molecule has 0 radical (unpaired) electrons. The molecule has 0 saturated heterocycles. The van der Waals surface area contributed by atoms with Gasteiger partial charge in [0.15, 0.2) is 0 Å². The minimum Gasteiger partial charge on any atom is -0.343 e. The third-order valence-corrected chi connectivity index (χ3v) is 1.59. The average Bonchev–Trinajstić information content (AvgIpc) is 2.17. The quantitative estimate of drug-likeness (QED) is 0.703. The minimum absolute atomic E-state index is 0.426. The zero-order valence-electron chi connectivity index (χ0n) is 6.29. The van der Waals surface area contributed by atoms with Crippen LogP contribution < -0.4 is 0 Å². The van der Waals surface area contributed by atoms with Crippen molar-refractivity contribution in [2.75, 3.05) is 0 Å². The molecule has 2 nitrogen and oxygen atoms in total. The molecule has 0 aliphatic heterocycles. The molecule has 0 aliphatic carbocycles. The molecule has 1 aromatic carbocycles. The van der Waals surface area contributed by atoms with Gasteiger partial charge in [-0.15, -0.1) is 0 Å². The predicted molar refractivity (Wildman–Crippen MR) is 47.8 cm³/mol. The third kappa shape index (κ3) is 1.86. The normalized spacial score (nSPS) is 9.08. The van der Waals surface area contributed by atoms with Crippen LogP contribution in [0.5, 0.6) is 0 Å². The summed E-state index contributed by atoms with van der Waals surface area (Å²) in [7, 11) is 0. The fourth-order valence-electron chi connectivity index (χ4n) is 0.800. The monoisotopic (exact) mass is 182 g/mol. The van der Waals surface area contributed by atoms with Gasteiger partial charge in [0.1, 0.15) is 11.9 Å². The SMILES string of the molecule is C=Cc1ccc(C(=O)OCl)cc1. The number of rotatable bonds is 2. The molecule has 0 saturated carbocycles. The van der Waals surface area contributed by atoms with Gasteiger partial charge in [-0.25, -0.2) is 4.79 Å². The maximum Gasteiger partial charge on any atom is 0.356 e. The van der Waals surface area contributed by atoms with E-state index in [2.05, 4.69) is 10.9 Å². The maximum absolute atomic E-state index is 10.8. The van der Waals surface area contributed by atoms with Crippen LogP contribution in [-0.4, -0.2) is 5.97 Å². The van der Waals surface area contributed by atoms with Gasteiger partial charge in [0.2, 0.25) is 0 Å². The van der Waals surface area contributed by atoms with Crippen molar-refractivity contribution in [2.24, 2.45) is 0 Å². The second kappa shape index (κ2) is 3.93. The molecule has 12 heavy (non-hydrogen) atoms. The van der Waals surface area contributed by atoms with Crippen LogP contribution >= 0.6 is 11.9 Å². The number of hydrogen-bond donors (Lipinski definition) is 0. The van der Waals surface area contributed by atoms with E-state index < -0.39 is 5.97 Å². The van der Waals surface area contributed by atoms with E-state index in [0.717, 1.165) is 5.56 Å². The fourth-order valence-corrected chi connectivity index (χ4v) is 0.889. The second-order valence-electron chi connectivity index (χ2n) is 2.19. The molecule has 1 rings (SSSR count). The molecule has 1 aromatic rings. The molecule has 0 aliphatic rings. The average molecular weight is 183 g/mol. The van der Waals surface area contributed by atoms with E-state index in [1.807, 2.05) is 0 Å². The molecule has 0 spiro atoms. The zero-order chi connectivity index (χ0) is 8.97. The van der Waals surface area contributed by atoms with Gasteiger partial charge in [0.25, 0.3) is 0 Å². The van der Waals surface area contributed by atoms with E-state index in [1.165, 1.54) is 0 Å². The summed E-state index contributed by atoms with van der Waals surface area (Å²) in [6, 6.07) is 6.77. The second-order valence-corrected chi connectivity index (χ2v) is 2.35. The lowest BCUT2D eigenvalue weighted by Gasteiger charge is -1.96. The predicted octanol–water partition coefficient (Wildman–Crippen LogP) is 2.64. The van der Waals surface area contributed by atoms with Crippen LogP contribution in [-0.2, 0) is 4.29 Å². The Balaban J connectivity index is 2.91. The highest BCUT2D eigenvalue weighted by Gasteiger charge is 2.04. The Morgan fingerprint density at radius 1 is 1.42 bits per heavy atom. The van der Waals surface area contributed by atoms with Crippen LogP contribution in [0.15, 0.2) is 30.8 Å². The highest BCUT2D eigenvalue weighted by Crippen LogP contribution is 2.07. The van der Waals surface area contributed by atoms with Crippen LogP contribution in [0.4, 0.5) is 0 Å². The molecule has 0 atom stereocenters. The summed E-state index contributed by atoms with van der Waals surface area (Å²) in [5.74, 6) is -0.549. The van der Waals surface area contributed by atoms with Gasteiger partial charge >= 0.3 is 5.97 Å². The summed E-state index contributed by atoms with van der Waals surface area (Å²) < 4.78 is 4.02. The van der Waals surface area contributed by atoms with Crippen molar-refractivity contribution in [1.82, 2.24) is 0 Å². The highest BCUT2D eigenvalue weighted by atomic mass is 35.5. The van der Waals surface area contributed by atoms with Crippen molar-refractivity contribution < 1.29 is 9.08 Å². The van der Waals surface area contributed by atoms with Gasteiger partial charge in [-0.2, -0.15) is 0 Å². The molecule has 0 amide bonds. The Bertz CT molecular complexity index is 290. The smallest absolute Gasteiger partial charge is 0.343 e. The maximum atomic E-state index is 10.8. The molecule has 0 bridgehead atoms. The number of hydrogen-bond acceptors (Lipinski definition) is 2. The van der Waals surface area contributed by atoms with Crippen molar-refractivity contribution in [3.63, 3.8) is 0 Å². The molecule has 3 heteroatoms. The van der Waals surface area contributed by atoms with Crippen molar-refractivity contribution in [2.45, 2.75) is 0 Å². The highest BCUT2D eigenvalue weighted by molar-refractivity contribution is 6.15. The minimum atomic E-state index is -0.549.